The van der Waals surface area contributed by atoms with Gasteiger partial charge in [0.25, 0.3) is 0 Å². The molecule has 1 spiro atoms. The molecule has 2 aliphatic rings. The summed E-state index contributed by atoms with van der Waals surface area (Å²) in [6.07, 6.45) is 0. The predicted molar refractivity (Wildman–Crippen MR) is 180 cm³/mol. The van der Waals surface area contributed by atoms with Gasteiger partial charge in [-0.25, -0.2) is 0 Å². The molecule has 1 aliphatic carbocycles. The molecule has 3 nitrogen and oxygen atoms in total. The number of nitrogens with zero attached hydrogens (tertiary/aromatic N) is 2. The fourth-order valence-electron chi connectivity index (χ4n) is 8.13. The number of aromatic nitrogens is 1. The summed E-state index contributed by atoms with van der Waals surface area (Å²) in [6, 6.07) is 53.9. The van der Waals surface area contributed by atoms with Gasteiger partial charge in [0.05, 0.1) is 33.5 Å². The van der Waals surface area contributed by atoms with Crippen LogP contribution in [0.4, 0.5) is 0 Å². The highest BCUT2D eigenvalue weighted by Gasteiger charge is 2.51. The van der Waals surface area contributed by atoms with Crippen molar-refractivity contribution >= 4 is 32.6 Å². The third kappa shape index (κ3) is 2.98. The standard InChI is InChI=1S/C42H24N2O/c43-25-26-17-20-28(21-18-26)44-37-24-23-36-41(39(37)32-22-19-27-9-1-2-10-29(27)40(32)44)45-38-16-8-7-15-35(38)42(36)33-13-5-3-11-30(33)31-12-4-6-14-34(31)42/h1-24H. The zero-order chi connectivity index (χ0) is 29.7. The number of nitriles is 1. The van der Waals surface area contributed by atoms with Crippen LogP contribution in [0.3, 0.4) is 0 Å². The van der Waals surface area contributed by atoms with Crippen LogP contribution in [0.5, 0.6) is 11.5 Å². The number of rotatable bonds is 1. The molecule has 0 atom stereocenters. The van der Waals surface area contributed by atoms with Gasteiger partial charge in [-0.3, -0.25) is 0 Å². The van der Waals surface area contributed by atoms with Crippen molar-refractivity contribution in [1.82, 2.24) is 4.57 Å². The zero-order valence-electron chi connectivity index (χ0n) is 24.2. The zero-order valence-corrected chi connectivity index (χ0v) is 24.2. The van der Waals surface area contributed by atoms with E-state index in [1.54, 1.807) is 0 Å². The van der Waals surface area contributed by atoms with E-state index in [0.717, 1.165) is 50.1 Å². The molecule has 208 valence electrons. The first-order valence-corrected chi connectivity index (χ1v) is 15.3. The van der Waals surface area contributed by atoms with E-state index in [9.17, 15) is 5.26 Å². The minimum atomic E-state index is -0.523. The maximum atomic E-state index is 9.52. The SMILES string of the molecule is N#Cc1ccc(-n2c3ccc4c(c3c3ccc5ccccc5c32)Oc2ccccc2C42c3ccccc3-c3ccccc32)cc1. The van der Waals surface area contributed by atoms with Crippen LogP contribution in [0.2, 0.25) is 0 Å². The lowest BCUT2D eigenvalue weighted by atomic mass is 9.66. The molecule has 0 saturated heterocycles. The highest BCUT2D eigenvalue weighted by molar-refractivity contribution is 6.21. The molecule has 0 unspecified atom stereocenters. The second-order valence-corrected chi connectivity index (χ2v) is 12.0. The van der Waals surface area contributed by atoms with Crippen molar-refractivity contribution in [3.8, 4) is 34.4 Å². The molecule has 1 aliphatic heterocycles. The third-order valence-corrected chi connectivity index (χ3v) is 9.88. The molecule has 7 aromatic carbocycles. The number of fused-ring (bicyclic) bond motifs is 15. The molecular formula is C42H24N2O. The van der Waals surface area contributed by atoms with Crippen LogP contribution in [-0.4, -0.2) is 4.57 Å². The van der Waals surface area contributed by atoms with Crippen LogP contribution < -0.4 is 4.74 Å². The van der Waals surface area contributed by atoms with Gasteiger partial charge in [0.2, 0.25) is 0 Å². The van der Waals surface area contributed by atoms with E-state index < -0.39 is 5.41 Å². The molecule has 0 saturated carbocycles. The van der Waals surface area contributed by atoms with Crippen molar-refractivity contribution < 1.29 is 4.74 Å². The highest BCUT2D eigenvalue weighted by atomic mass is 16.5. The van der Waals surface area contributed by atoms with Crippen LogP contribution in [0.25, 0.3) is 49.4 Å². The summed E-state index contributed by atoms with van der Waals surface area (Å²) in [7, 11) is 0. The summed E-state index contributed by atoms with van der Waals surface area (Å²) in [6.45, 7) is 0. The number of hydrogen-bond donors (Lipinski definition) is 0. The van der Waals surface area contributed by atoms with Gasteiger partial charge in [0.1, 0.15) is 11.5 Å². The lowest BCUT2D eigenvalue weighted by Crippen LogP contribution is -2.32. The predicted octanol–water partition coefficient (Wildman–Crippen LogP) is 10.3. The summed E-state index contributed by atoms with van der Waals surface area (Å²) in [4.78, 5) is 0. The molecule has 0 bridgehead atoms. The minimum absolute atomic E-state index is 0.523. The van der Waals surface area contributed by atoms with Crippen molar-refractivity contribution in [2.24, 2.45) is 0 Å². The van der Waals surface area contributed by atoms with Crippen molar-refractivity contribution in [3.05, 3.63) is 173 Å². The Kier molecular flexibility index (Phi) is 4.72. The van der Waals surface area contributed by atoms with Gasteiger partial charge in [-0.1, -0.05) is 109 Å². The molecule has 0 fully saturated rings. The number of benzene rings is 7. The minimum Gasteiger partial charge on any atom is -0.456 e. The van der Waals surface area contributed by atoms with Crippen molar-refractivity contribution in [2.75, 3.05) is 0 Å². The lowest BCUT2D eigenvalue weighted by molar-refractivity contribution is 0.442. The van der Waals surface area contributed by atoms with Crippen LogP contribution in [0.1, 0.15) is 27.8 Å². The van der Waals surface area contributed by atoms with Crippen LogP contribution in [0.15, 0.2) is 146 Å². The first kappa shape index (κ1) is 24.3. The van der Waals surface area contributed by atoms with Gasteiger partial charge >= 0.3 is 0 Å². The van der Waals surface area contributed by atoms with E-state index in [2.05, 4.69) is 132 Å². The second kappa shape index (κ2) is 8.72. The number of ether oxygens (including phenoxy) is 1. The van der Waals surface area contributed by atoms with E-state index in [1.807, 2.05) is 24.3 Å². The number of hydrogen-bond acceptors (Lipinski definition) is 2. The topological polar surface area (TPSA) is 38.0 Å². The van der Waals surface area contributed by atoms with Gasteiger partial charge < -0.3 is 9.30 Å². The smallest absolute Gasteiger partial charge is 0.142 e. The van der Waals surface area contributed by atoms with Gasteiger partial charge in [0.15, 0.2) is 0 Å². The van der Waals surface area contributed by atoms with Gasteiger partial charge in [0, 0.05) is 27.6 Å². The van der Waals surface area contributed by atoms with Crippen molar-refractivity contribution in [2.45, 2.75) is 5.41 Å². The Morgan fingerprint density at radius 1 is 0.556 bits per heavy atom. The quantitative estimate of drug-likeness (QED) is 0.196. The molecule has 1 aromatic heterocycles. The van der Waals surface area contributed by atoms with E-state index in [4.69, 9.17) is 4.74 Å². The first-order valence-electron chi connectivity index (χ1n) is 15.3. The summed E-state index contributed by atoms with van der Waals surface area (Å²) >= 11 is 0. The highest BCUT2D eigenvalue weighted by Crippen LogP contribution is 2.63. The molecule has 0 N–H and O–H groups in total. The Labute approximate surface area is 259 Å². The molecule has 10 rings (SSSR count). The van der Waals surface area contributed by atoms with Crippen molar-refractivity contribution in [3.63, 3.8) is 0 Å². The van der Waals surface area contributed by atoms with Gasteiger partial charge in [-0.15, -0.1) is 0 Å². The van der Waals surface area contributed by atoms with E-state index >= 15 is 0 Å². The lowest BCUT2D eigenvalue weighted by Gasteiger charge is -2.39. The third-order valence-electron chi connectivity index (χ3n) is 9.88. The summed E-state index contributed by atoms with van der Waals surface area (Å²) in [5, 5.41) is 14.1. The first-order chi connectivity index (χ1) is 22.3. The maximum Gasteiger partial charge on any atom is 0.142 e. The largest absolute Gasteiger partial charge is 0.456 e. The van der Waals surface area contributed by atoms with Crippen molar-refractivity contribution in [1.29, 1.82) is 5.26 Å². The Morgan fingerprint density at radius 3 is 1.98 bits per heavy atom. The maximum absolute atomic E-state index is 9.52. The Hall–Kier alpha value is -6.11. The van der Waals surface area contributed by atoms with Gasteiger partial charge in [-0.05, 0) is 64.0 Å². The molecule has 3 heteroatoms. The summed E-state index contributed by atoms with van der Waals surface area (Å²) < 4.78 is 9.39. The fourth-order valence-corrected chi connectivity index (χ4v) is 8.13. The average molecular weight is 573 g/mol. The molecule has 2 heterocycles. The molecular weight excluding hydrogens is 548 g/mol. The fraction of sp³-hybridized carbons (Fsp3) is 0.0238. The molecule has 0 radical (unpaired) electrons. The van der Waals surface area contributed by atoms with Crippen LogP contribution in [0, 0.1) is 11.3 Å². The Balaban J connectivity index is 1.41. The van der Waals surface area contributed by atoms with E-state index in [-0.39, 0.29) is 0 Å². The molecule has 45 heavy (non-hydrogen) atoms. The Bertz CT molecular complexity index is 2540. The average Bonchev–Trinajstić information content (AvgIpc) is 3.60. The summed E-state index contributed by atoms with van der Waals surface area (Å²) in [5.41, 5.74) is 10.7. The normalized spacial score (nSPS) is 13.7. The monoisotopic (exact) mass is 572 g/mol. The molecule has 0 amide bonds. The summed E-state index contributed by atoms with van der Waals surface area (Å²) in [5.74, 6) is 1.77. The molecule has 8 aromatic rings. The van der Waals surface area contributed by atoms with Crippen LogP contribution in [-0.2, 0) is 5.41 Å². The van der Waals surface area contributed by atoms with E-state index in [1.165, 1.54) is 33.0 Å². The second-order valence-electron chi connectivity index (χ2n) is 12.0. The Morgan fingerprint density at radius 2 is 1.22 bits per heavy atom. The van der Waals surface area contributed by atoms with Crippen LogP contribution >= 0.6 is 0 Å². The number of para-hydroxylation sites is 1. The van der Waals surface area contributed by atoms with E-state index in [0.29, 0.717) is 5.56 Å². The van der Waals surface area contributed by atoms with Gasteiger partial charge in [-0.2, -0.15) is 5.26 Å².